The number of aliphatic hydroxyl groups is 1. The van der Waals surface area contributed by atoms with Gasteiger partial charge in [0.15, 0.2) is 0 Å². The molecular formula is C13H17ClO2. The average molecular weight is 241 g/mol. The number of benzene rings is 1. The molecule has 88 valence electrons. The summed E-state index contributed by atoms with van der Waals surface area (Å²) in [6.07, 6.45) is 1.40. The summed E-state index contributed by atoms with van der Waals surface area (Å²) in [6, 6.07) is 3.44. The Morgan fingerprint density at radius 1 is 1.25 bits per heavy atom. The third-order valence-corrected chi connectivity index (χ3v) is 3.33. The molecule has 0 heterocycles. The highest BCUT2D eigenvalue weighted by Crippen LogP contribution is 2.51. The van der Waals surface area contributed by atoms with E-state index >= 15 is 0 Å². The Labute approximate surface area is 101 Å². The summed E-state index contributed by atoms with van der Waals surface area (Å²) in [5.74, 6) is 0.192. The SMILES string of the molecule is CC(C)(C)c1cc(Cl)cc(C2(O)CC2)c1O. The molecule has 0 aromatic heterocycles. The lowest BCUT2D eigenvalue weighted by molar-refractivity contribution is 0.147. The molecule has 1 aromatic rings. The van der Waals surface area contributed by atoms with Gasteiger partial charge in [0.25, 0.3) is 0 Å². The van der Waals surface area contributed by atoms with Crippen LogP contribution in [-0.4, -0.2) is 10.2 Å². The van der Waals surface area contributed by atoms with Crippen molar-refractivity contribution < 1.29 is 10.2 Å². The molecule has 0 radical (unpaired) electrons. The van der Waals surface area contributed by atoms with E-state index in [1.54, 1.807) is 12.1 Å². The maximum Gasteiger partial charge on any atom is 0.125 e. The van der Waals surface area contributed by atoms with Gasteiger partial charge in [0.1, 0.15) is 5.75 Å². The first-order chi connectivity index (χ1) is 7.24. The van der Waals surface area contributed by atoms with Crippen LogP contribution in [0.2, 0.25) is 5.02 Å². The predicted octanol–water partition coefficient (Wildman–Crippen LogP) is 3.32. The highest BCUT2D eigenvalue weighted by atomic mass is 35.5. The lowest BCUT2D eigenvalue weighted by Crippen LogP contribution is -2.14. The van der Waals surface area contributed by atoms with Crippen molar-refractivity contribution in [3.05, 3.63) is 28.3 Å². The lowest BCUT2D eigenvalue weighted by Gasteiger charge is -2.23. The van der Waals surface area contributed by atoms with E-state index in [-0.39, 0.29) is 11.2 Å². The van der Waals surface area contributed by atoms with E-state index in [4.69, 9.17) is 11.6 Å². The Balaban J connectivity index is 2.60. The topological polar surface area (TPSA) is 40.5 Å². The van der Waals surface area contributed by atoms with Crippen molar-refractivity contribution in [2.75, 3.05) is 0 Å². The van der Waals surface area contributed by atoms with Gasteiger partial charge in [0.2, 0.25) is 0 Å². The van der Waals surface area contributed by atoms with Crippen LogP contribution in [0.15, 0.2) is 12.1 Å². The van der Waals surface area contributed by atoms with Crippen LogP contribution in [0, 0.1) is 0 Å². The van der Waals surface area contributed by atoms with Gasteiger partial charge in [0, 0.05) is 16.1 Å². The molecule has 1 aliphatic carbocycles. The third kappa shape index (κ3) is 1.92. The van der Waals surface area contributed by atoms with Gasteiger partial charge in [0.05, 0.1) is 5.60 Å². The molecule has 1 saturated carbocycles. The number of hydrogen-bond donors (Lipinski definition) is 2. The number of halogens is 1. The maximum atomic E-state index is 10.2. The van der Waals surface area contributed by atoms with Gasteiger partial charge in [-0.25, -0.2) is 0 Å². The van der Waals surface area contributed by atoms with Crippen LogP contribution in [0.25, 0.3) is 0 Å². The minimum Gasteiger partial charge on any atom is -0.507 e. The van der Waals surface area contributed by atoms with Crippen LogP contribution in [0.1, 0.15) is 44.7 Å². The largest absolute Gasteiger partial charge is 0.507 e. The molecule has 3 heteroatoms. The Morgan fingerprint density at radius 3 is 2.25 bits per heavy atom. The Hall–Kier alpha value is -0.730. The maximum absolute atomic E-state index is 10.2. The molecule has 0 bridgehead atoms. The zero-order valence-corrected chi connectivity index (χ0v) is 10.6. The number of aromatic hydroxyl groups is 1. The van der Waals surface area contributed by atoms with Crippen molar-refractivity contribution >= 4 is 11.6 Å². The van der Waals surface area contributed by atoms with Crippen LogP contribution in [0.3, 0.4) is 0 Å². The Morgan fingerprint density at radius 2 is 1.81 bits per heavy atom. The molecule has 2 nitrogen and oxygen atoms in total. The first-order valence-corrected chi connectivity index (χ1v) is 5.88. The minimum atomic E-state index is -0.852. The number of phenols is 1. The molecule has 1 fully saturated rings. The van der Waals surface area contributed by atoms with Gasteiger partial charge in [-0.1, -0.05) is 32.4 Å². The van der Waals surface area contributed by atoms with E-state index in [9.17, 15) is 10.2 Å². The van der Waals surface area contributed by atoms with Crippen molar-refractivity contribution in [1.82, 2.24) is 0 Å². The molecule has 1 aliphatic rings. The van der Waals surface area contributed by atoms with E-state index < -0.39 is 5.60 Å². The van der Waals surface area contributed by atoms with Crippen molar-refractivity contribution in [2.24, 2.45) is 0 Å². The second kappa shape index (κ2) is 3.38. The first-order valence-electron chi connectivity index (χ1n) is 5.50. The Bertz CT molecular complexity index is 402. The van der Waals surface area contributed by atoms with Crippen molar-refractivity contribution in [3.63, 3.8) is 0 Å². The van der Waals surface area contributed by atoms with E-state index in [1.807, 2.05) is 20.8 Å². The van der Waals surface area contributed by atoms with Crippen LogP contribution in [0.5, 0.6) is 5.75 Å². The summed E-state index contributed by atoms with van der Waals surface area (Å²) in [4.78, 5) is 0. The fourth-order valence-electron chi connectivity index (χ4n) is 1.91. The van der Waals surface area contributed by atoms with E-state index in [0.29, 0.717) is 23.4 Å². The minimum absolute atomic E-state index is 0.186. The zero-order chi connectivity index (χ0) is 12.1. The van der Waals surface area contributed by atoms with Gasteiger partial charge >= 0.3 is 0 Å². The molecule has 0 saturated heterocycles. The van der Waals surface area contributed by atoms with E-state index in [0.717, 1.165) is 5.56 Å². The lowest BCUT2D eigenvalue weighted by atomic mass is 9.84. The van der Waals surface area contributed by atoms with Gasteiger partial charge in [-0.2, -0.15) is 0 Å². The molecule has 2 rings (SSSR count). The predicted molar refractivity (Wildman–Crippen MR) is 64.9 cm³/mol. The molecule has 16 heavy (non-hydrogen) atoms. The zero-order valence-electron chi connectivity index (χ0n) is 9.84. The van der Waals surface area contributed by atoms with Gasteiger partial charge in [-0.3, -0.25) is 0 Å². The molecule has 0 aliphatic heterocycles. The Kier molecular flexibility index (Phi) is 2.48. The summed E-state index contributed by atoms with van der Waals surface area (Å²) in [7, 11) is 0. The summed E-state index contributed by atoms with van der Waals surface area (Å²) in [5, 5.41) is 20.9. The molecular weight excluding hydrogens is 224 g/mol. The molecule has 0 unspecified atom stereocenters. The molecule has 0 atom stereocenters. The third-order valence-electron chi connectivity index (χ3n) is 3.11. The first kappa shape index (κ1) is 11.7. The van der Waals surface area contributed by atoms with Crippen molar-refractivity contribution in [2.45, 2.75) is 44.6 Å². The molecule has 0 spiro atoms. The second-order valence-electron chi connectivity index (χ2n) is 5.63. The van der Waals surface area contributed by atoms with Crippen molar-refractivity contribution in [1.29, 1.82) is 0 Å². The van der Waals surface area contributed by atoms with Crippen LogP contribution in [-0.2, 0) is 11.0 Å². The molecule has 1 aromatic carbocycles. The summed E-state index contributed by atoms with van der Waals surface area (Å²) in [6.45, 7) is 6.04. The fraction of sp³-hybridized carbons (Fsp3) is 0.538. The smallest absolute Gasteiger partial charge is 0.125 e. The van der Waals surface area contributed by atoms with Crippen molar-refractivity contribution in [3.8, 4) is 5.75 Å². The second-order valence-corrected chi connectivity index (χ2v) is 6.07. The average Bonchev–Trinajstić information content (AvgIpc) is 2.86. The molecule has 2 N–H and O–H groups in total. The van der Waals surface area contributed by atoms with Gasteiger partial charge < -0.3 is 10.2 Å². The number of phenolic OH excluding ortho intramolecular Hbond substituents is 1. The summed E-state index contributed by atoms with van der Waals surface area (Å²) < 4.78 is 0. The summed E-state index contributed by atoms with van der Waals surface area (Å²) >= 11 is 6.04. The fourth-order valence-corrected chi connectivity index (χ4v) is 2.13. The quantitative estimate of drug-likeness (QED) is 0.791. The van der Waals surface area contributed by atoms with Crippen LogP contribution >= 0.6 is 11.6 Å². The highest BCUT2D eigenvalue weighted by molar-refractivity contribution is 6.30. The van der Waals surface area contributed by atoms with E-state index in [1.165, 1.54) is 0 Å². The highest BCUT2D eigenvalue weighted by Gasteiger charge is 2.45. The van der Waals surface area contributed by atoms with Crippen LogP contribution in [0.4, 0.5) is 0 Å². The van der Waals surface area contributed by atoms with Gasteiger partial charge in [-0.05, 0) is 30.4 Å². The normalized spacial score (nSPS) is 18.6. The van der Waals surface area contributed by atoms with E-state index in [2.05, 4.69) is 0 Å². The van der Waals surface area contributed by atoms with Gasteiger partial charge in [-0.15, -0.1) is 0 Å². The van der Waals surface area contributed by atoms with Crippen LogP contribution < -0.4 is 0 Å². The number of hydrogen-bond acceptors (Lipinski definition) is 2. The summed E-state index contributed by atoms with van der Waals surface area (Å²) in [5.41, 5.74) is 0.324. The molecule has 0 amide bonds. The number of rotatable bonds is 1. The monoisotopic (exact) mass is 240 g/mol. The standard InChI is InChI=1S/C13H17ClO2/c1-12(2,3)9-6-8(14)7-10(11(9)15)13(16)4-5-13/h6-7,15-16H,4-5H2,1-3H3.